The van der Waals surface area contributed by atoms with Gasteiger partial charge in [-0.25, -0.2) is 9.69 Å². The van der Waals surface area contributed by atoms with E-state index in [4.69, 9.17) is 21.1 Å². The van der Waals surface area contributed by atoms with E-state index in [2.05, 4.69) is 5.32 Å². The number of nitrogens with zero attached hydrogens (tertiary/aromatic N) is 3. The zero-order chi connectivity index (χ0) is 30.0. The molecule has 0 aliphatic carbocycles. The Morgan fingerprint density at radius 2 is 1.68 bits per heavy atom. The molecule has 13 nitrogen and oxygen atoms in total. The van der Waals surface area contributed by atoms with Crippen molar-refractivity contribution in [3.8, 4) is 17.2 Å². The van der Waals surface area contributed by atoms with E-state index in [9.17, 15) is 34.6 Å². The standard InChI is InChI=1S/C27H21ClN4O9/c1-4-40-23-12-16(11-20(28)24(23)41-22-8-7-18(31(36)37)13-21(22)32(38)39)10-19-25(33)29-27(35)30(26(19)34)17-6-5-14(2)15(3)9-17/h5-13H,4H2,1-3H3,(H,29,33,35)/b19-10+. The SMILES string of the molecule is CCOc1cc(/C=C2\C(=O)NC(=O)N(c3ccc(C)c(C)c3)C2=O)cc(Cl)c1Oc1ccc([N+](=O)[O-])cc1[N+](=O)[O-]. The van der Waals surface area contributed by atoms with Crippen molar-refractivity contribution >= 4 is 52.6 Å². The molecule has 210 valence electrons. The van der Waals surface area contributed by atoms with Crippen molar-refractivity contribution in [1.29, 1.82) is 0 Å². The molecule has 0 radical (unpaired) electrons. The van der Waals surface area contributed by atoms with Gasteiger partial charge in [-0.1, -0.05) is 17.7 Å². The number of nitro groups is 2. The van der Waals surface area contributed by atoms with E-state index in [1.807, 2.05) is 13.8 Å². The number of non-ortho nitro benzene ring substituents is 1. The molecular weight excluding hydrogens is 560 g/mol. The number of imide groups is 2. The molecule has 41 heavy (non-hydrogen) atoms. The van der Waals surface area contributed by atoms with Gasteiger partial charge in [0.15, 0.2) is 11.5 Å². The first-order valence-electron chi connectivity index (χ1n) is 12.0. The lowest BCUT2D eigenvalue weighted by Crippen LogP contribution is -2.54. The van der Waals surface area contributed by atoms with E-state index in [1.165, 1.54) is 18.2 Å². The molecular formula is C27H21ClN4O9. The zero-order valence-corrected chi connectivity index (χ0v) is 22.6. The van der Waals surface area contributed by atoms with Crippen molar-refractivity contribution in [2.75, 3.05) is 11.5 Å². The summed E-state index contributed by atoms with van der Waals surface area (Å²) < 4.78 is 11.3. The monoisotopic (exact) mass is 580 g/mol. The van der Waals surface area contributed by atoms with Crippen LogP contribution in [0.1, 0.15) is 23.6 Å². The van der Waals surface area contributed by atoms with Crippen molar-refractivity contribution in [3.63, 3.8) is 0 Å². The molecule has 0 aromatic heterocycles. The van der Waals surface area contributed by atoms with Crippen LogP contribution in [0.25, 0.3) is 6.08 Å². The number of nitro benzene ring substituents is 2. The van der Waals surface area contributed by atoms with E-state index in [1.54, 1.807) is 25.1 Å². The van der Waals surface area contributed by atoms with Gasteiger partial charge in [0.2, 0.25) is 5.75 Å². The highest BCUT2D eigenvalue weighted by atomic mass is 35.5. The van der Waals surface area contributed by atoms with Crippen LogP contribution in [-0.4, -0.2) is 34.3 Å². The number of aryl methyl sites for hydroxylation is 2. The Labute approximate surface area is 237 Å². The number of carbonyl (C=O) groups excluding carboxylic acids is 3. The largest absolute Gasteiger partial charge is 0.490 e. The minimum Gasteiger partial charge on any atom is -0.490 e. The van der Waals surface area contributed by atoms with Gasteiger partial charge in [0.25, 0.3) is 17.5 Å². The highest BCUT2D eigenvalue weighted by Crippen LogP contribution is 2.43. The maximum Gasteiger partial charge on any atom is 0.335 e. The van der Waals surface area contributed by atoms with Gasteiger partial charge in [-0.2, -0.15) is 0 Å². The number of urea groups is 1. The molecule has 3 aromatic rings. The van der Waals surface area contributed by atoms with Crippen LogP contribution in [0, 0.1) is 34.1 Å². The van der Waals surface area contributed by atoms with Gasteiger partial charge in [0.1, 0.15) is 5.57 Å². The summed E-state index contributed by atoms with van der Waals surface area (Å²) in [6.07, 6.45) is 1.21. The number of anilines is 1. The van der Waals surface area contributed by atoms with Crippen LogP contribution in [0.5, 0.6) is 17.2 Å². The number of rotatable bonds is 8. The Balaban J connectivity index is 1.74. The summed E-state index contributed by atoms with van der Waals surface area (Å²) >= 11 is 6.44. The normalized spacial score (nSPS) is 14.2. The Bertz CT molecular complexity index is 1670. The van der Waals surface area contributed by atoms with Crippen molar-refractivity contribution in [3.05, 3.63) is 96.0 Å². The minimum absolute atomic E-state index is 0.00487. The van der Waals surface area contributed by atoms with Crippen LogP contribution in [-0.2, 0) is 9.59 Å². The van der Waals surface area contributed by atoms with E-state index in [-0.39, 0.29) is 45.7 Å². The second kappa shape index (κ2) is 11.4. The summed E-state index contributed by atoms with van der Waals surface area (Å²) in [5.41, 5.74) is 0.733. The maximum atomic E-state index is 13.3. The molecule has 0 spiro atoms. The molecule has 14 heteroatoms. The third-order valence-corrected chi connectivity index (χ3v) is 6.34. The third kappa shape index (κ3) is 5.84. The lowest BCUT2D eigenvalue weighted by molar-refractivity contribution is -0.394. The molecule has 3 aromatic carbocycles. The second-order valence-corrected chi connectivity index (χ2v) is 9.16. The van der Waals surface area contributed by atoms with Gasteiger partial charge in [0, 0.05) is 6.07 Å². The van der Waals surface area contributed by atoms with Gasteiger partial charge in [0.05, 0.1) is 33.2 Å². The lowest BCUT2D eigenvalue weighted by Gasteiger charge is -2.27. The first-order chi connectivity index (χ1) is 19.4. The number of halogens is 1. The number of ether oxygens (including phenoxy) is 2. The summed E-state index contributed by atoms with van der Waals surface area (Å²) in [5.74, 6) is -2.25. The Kier molecular flexibility index (Phi) is 8.01. The predicted molar refractivity (Wildman–Crippen MR) is 147 cm³/mol. The van der Waals surface area contributed by atoms with Crippen LogP contribution in [0.3, 0.4) is 0 Å². The van der Waals surface area contributed by atoms with Gasteiger partial charge >= 0.3 is 11.7 Å². The minimum atomic E-state index is -0.920. The molecule has 1 fully saturated rings. The maximum absolute atomic E-state index is 13.3. The number of hydrogen-bond donors (Lipinski definition) is 1. The van der Waals surface area contributed by atoms with Crippen molar-refractivity contribution in [2.45, 2.75) is 20.8 Å². The first-order valence-corrected chi connectivity index (χ1v) is 12.3. The van der Waals surface area contributed by atoms with E-state index in [0.29, 0.717) is 0 Å². The number of barbiturate groups is 1. The van der Waals surface area contributed by atoms with E-state index < -0.39 is 39.1 Å². The van der Waals surface area contributed by atoms with Gasteiger partial charge in [-0.15, -0.1) is 0 Å². The highest BCUT2D eigenvalue weighted by molar-refractivity contribution is 6.39. The third-order valence-electron chi connectivity index (χ3n) is 6.06. The fourth-order valence-electron chi connectivity index (χ4n) is 3.91. The highest BCUT2D eigenvalue weighted by Gasteiger charge is 2.37. The van der Waals surface area contributed by atoms with Crippen LogP contribution in [0.15, 0.2) is 54.1 Å². The molecule has 0 saturated carbocycles. The van der Waals surface area contributed by atoms with Crippen LogP contribution in [0.4, 0.5) is 21.9 Å². The Morgan fingerprint density at radius 3 is 2.32 bits per heavy atom. The lowest BCUT2D eigenvalue weighted by atomic mass is 10.0. The molecule has 1 aliphatic rings. The predicted octanol–water partition coefficient (Wildman–Crippen LogP) is 5.63. The fourth-order valence-corrected chi connectivity index (χ4v) is 4.17. The Morgan fingerprint density at radius 1 is 0.951 bits per heavy atom. The number of nitrogens with one attached hydrogen (secondary N) is 1. The molecule has 4 amide bonds. The smallest absolute Gasteiger partial charge is 0.335 e. The number of amides is 4. The summed E-state index contributed by atoms with van der Waals surface area (Å²) in [6.45, 7) is 5.46. The number of benzene rings is 3. The van der Waals surface area contributed by atoms with Crippen LogP contribution < -0.4 is 19.7 Å². The first kappa shape index (κ1) is 28.7. The average molecular weight is 581 g/mol. The summed E-state index contributed by atoms with van der Waals surface area (Å²) in [7, 11) is 0. The number of hydrogen-bond acceptors (Lipinski definition) is 9. The van der Waals surface area contributed by atoms with Crippen LogP contribution >= 0.6 is 11.6 Å². The molecule has 4 rings (SSSR count). The van der Waals surface area contributed by atoms with Crippen LogP contribution in [0.2, 0.25) is 5.02 Å². The molecule has 0 unspecified atom stereocenters. The molecule has 1 aliphatic heterocycles. The van der Waals surface area contributed by atoms with Gasteiger partial charge in [-0.3, -0.25) is 35.1 Å². The topological polar surface area (TPSA) is 171 Å². The molecule has 1 heterocycles. The average Bonchev–Trinajstić information content (AvgIpc) is 2.90. The van der Waals surface area contributed by atoms with E-state index >= 15 is 0 Å². The zero-order valence-electron chi connectivity index (χ0n) is 21.8. The number of carbonyl (C=O) groups is 3. The van der Waals surface area contributed by atoms with Gasteiger partial charge < -0.3 is 9.47 Å². The van der Waals surface area contributed by atoms with Crippen molar-refractivity contribution < 1.29 is 33.7 Å². The summed E-state index contributed by atoms with van der Waals surface area (Å²) in [5, 5.41) is 24.6. The van der Waals surface area contributed by atoms with Crippen molar-refractivity contribution in [1.82, 2.24) is 5.32 Å². The fraction of sp³-hybridized carbons (Fsp3) is 0.148. The summed E-state index contributed by atoms with van der Waals surface area (Å²) in [4.78, 5) is 60.3. The van der Waals surface area contributed by atoms with E-state index in [0.717, 1.165) is 34.2 Å². The quantitative estimate of drug-likeness (QED) is 0.153. The summed E-state index contributed by atoms with van der Waals surface area (Å²) in [6, 6.07) is 9.61. The second-order valence-electron chi connectivity index (χ2n) is 8.76. The van der Waals surface area contributed by atoms with Crippen molar-refractivity contribution in [2.24, 2.45) is 0 Å². The Hall–Kier alpha value is -5.30. The molecule has 1 N–H and O–H groups in total. The molecule has 1 saturated heterocycles. The molecule has 0 atom stereocenters. The van der Waals surface area contributed by atoms with Gasteiger partial charge in [-0.05, 0) is 73.9 Å². The molecule has 0 bridgehead atoms.